The highest BCUT2D eigenvalue weighted by molar-refractivity contribution is 7.09. The van der Waals surface area contributed by atoms with Crippen LogP contribution in [0, 0.1) is 11.8 Å². The fourth-order valence-electron chi connectivity index (χ4n) is 1.78. The Morgan fingerprint density at radius 2 is 2.00 bits per heavy atom. The summed E-state index contributed by atoms with van der Waals surface area (Å²) in [6, 6.07) is 0. The number of nitrogens with zero attached hydrogens (tertiary/aromatic N) is 1. The molecule has 0 saturated carbocycles. The molecule has 2 nitrogen and oxygen atoms in total. The molecule has 0 aliphatic carbocycles. The Hall–Kier alpha value is -0.410. The minimum absolute atomic E-state index is 0.172. The second-order valence-electron chi connectivity index (χ2n) is 6.14. The summed E-state index contributed by atoms with van der Waals surface area (Å²) in [5, 5.41) is 6.78. The van der Waals surface area contributed by atoms with E-state index in [0.717, 1.165) is 13.0 Å². The SMILES string of the molecule is CNCC(Cc1nc(C(C)(C)C)cs1)C(C)C. The van der Waals surface area contributed by atoms with Gasteiger partial charge < -0.3 is 5.32 Å². The summed E-state index contributed by atoms with van der Waals surface area (Å²) in [5.41, 5.74) is 1.40. The van der Waals surface area contributed by atoms with Crippen LogP contribution in [0.3, 0.4) is 0 Å². The Labute approximate surface area is 110 Å². The normalized spacial score (nSPS) is 14.3. The van der Waals surface area contributed by atoms with Crippen LogP contribution in [-0.4, -0.2) is 18.6 Å². The maximum atomic E-state index is 4.78. The molecule has 0 aliphatic rings. The summed E-state index contributed by atoms with van der Waals surface area (Å²) in [5.74, 6) is 1.38. The molecule has 0 aromatic carbocycles. The molecule has 0 aliphatic heterocycles. The van der Waals surface area contributed by atoms with Gasteiger partial charge in [-0.2, -0.15) is 0 Å². The predicted octanol–water partition coefficient (Wildman–Crippen LogP) is 3.47. The average Bonchev–Trinajstić information content (AvgIpc) is 2.64. The monoisotopic (exact) mass is 254 g/mol. The molecule has 1 N–H and O–H groups in total. The quantitative estimate of drug-likeness (QED) is 0.870. The molecule has 1 aromatic heterocycles. The Morgan fingerprint density at radius 3 is 2.41 bits per heavy atom. The van der Waals surface area contributed by atoms with E-state index in [1.807, 2.05) is 18.4 Å². The van der Waals surface area contributed by atoms with Crippen LogP contribution >= 0.6 is 11.3 Å². The van der Waals surface area contributed by atoms with E-state index < -0.39 is 0 Å². The van der Waals surface area contributed by atoms with Crippen molar-refractivity contribution >= 4 is 11.3 Å². The van der Waals surface area contributed by atoms with Crippen molar-refractivity contribution in [3.63, 3.8) is 0 Å². The number of rotatable bonds is 5. The molecule has 0 spiro atoms. The zero-order chi connectivity index (χ0) is 13.1. The zero-order valence-corrected chi connectivity index (χ0v) is 12.8. The van der Waals surface area contributed by atoms with Gasteiger partial charge >= 0.3 is 0 Å². The molecule has 0 radical (unpaired) electrons. The first-order chi connectivity index (χ1) is 7.84. The summed E-state index contributed by atoms with van der Waals surface area (Å²) < 4.78 is 0. The van der Waals surface area contributed by atoms with Crippen LogP contribution in [-0.2, 0) is 11.8 Å². The van der Waals surface area contributed by atoms with Gasteiger partial charge in [-0.25, -0.2) is 4.98 Å². The molecule has 1 heterocycles. The van der Waals surface area contributed by atoms with Crippen molar-refractivity contribution in [1.29, 1.82) is 0 Å². The van der Waals surface area contributed by atoms with Gasteiger partial charge in [0.2, 0.25) is 0 Å². The van der Waals surface area contributed by atoms with Gasteiger partial charge in [-0.1, -0.05) is 34.6 Å². The number of aromatic nitrogens is 1. The van der Waals surface area contributed by atoms with Gasteiger partial charge in [0, 0.05) is 17.2 Å². The molecule has 3 heteroatoms. The van der Waals surface area contributed by atoms with Crippen LogP contribution in [0.5, 0.6) is 0 Å². The lowest BCUT2D eigenvalue weighted by Gasteiger charge is -2.19. The highest BCUT2D eigenvalue weighted by Gasteiger charge is 2.20. The zero-order valence-electron chi connectivity index (χ0n) is 12.0. The standard InChI is InChI=1S/C14H26N2S/c1-10(2)11(8-15-6)7-13-16-12(9-17-13)14(3,4)5/h9-11,15H,7-8H2,1-6H3. The van der Waals surface area contributed by atoms with Crippen molar-refractivity contribution in [3.05, 3.63) is 16.1 Å². The van der Waals surface area contributed by atoms with E-state index >= 15 is 0 Å². The third kappa shape index (κ3) is 4.40. The van der Waals surface area contributed by atoms with Gasteiger partial charge in [-0.05, 0) is 25.4 Å². The van der Waals surface area contributed by atoms with Crippen molar-refractivity contribution in [3.8, 4) is 0 Å². The largest absolute Gasteiger partial charge is 0.319 e. The molecular weight excluding hydrogens is 228 g/mol. The van der Waals surface area contributed by atoms with Gasteiger partial charge in [0.1, 0.15) is 0 Å². The third-order valence-electron chi connectivity index (χ3n) is 3.17. The van der Waals surface area contributed by atoms with Gasteiger partial charge in [-0.15, -0.1) is 11.3 Å². The first-order valence-corrected chi connectivity index (χ1v) is 7.32. The molecule has 98 valence electrons. The van der Waals surface area contributed by atoms with Crippen LogP contribution in [0.15, 0.2) is 5.38 Å². The minimum atomic E-state index is 0.172. The van der Waals surface area contributed by atoms with Gasteiger partial charge in [-0.3, -0.25) is 0 Å². The molecule has 17 heavy (non-hydrogen) atoms. The van der Waals surface area contributed by atoms with Crippen molar-refractivity contribution in [2.45, 2.75) is 46.5 Å². The van der Waals surface area contributed by atoms with Crippen molar-refractivity contribution in [2.75, 3.05) is 13.6 Å². The molecule has 0 fully saturated rings. The molecular formula is C14H26N2S. The lowest BCUT2D eigenvalue weighted by Crippen LogP contribution is -2.25. The Morgan fingerprint density at radius 1 is 1.35 bits per heavy atom. The molecule has 1 rings (SSSR count). The van der Waals surface area contributed by atoms with Crippen molar-refractivity contribution in [2.24, 2.45) is 11.8 Å². The topological polar surface area (TPSA) is 24.9 Å². The summed E-state index contributed by atoms with van der Waals surface area (Å²) in [4.78, 5) is 4.78. The smallest absolute Gasteiger partial charge is 0.0931 e. The summed E-state index contributed by atoms with van der Waals surface area (Å²) in [6.45, 7) is 12.3. The number of nitrogens with one attached hydrogen (secondary N) is 1. The van der Waals surface area contributed by atoms with E-state index in [2.05, 4.69) is 45.3 Å². The fourth-order valence-corrected chi connectivity index (χ4v) is 2.89. The Bertz CT molecular complexity index is 336. The van der Waals surface area contributed by atoms with E-state index in [1.165, 1.54) is 10.7 Å². The predicted molar refractivity (Wildman–Crippen MR) is 76.8 cm³/mol. The average molecular weight is 254 g/mol. The maximum absolute atomic E-state index is 4.78. The van der Waals surface area contributed by atoms with Crippen molar-refractivity contribution < 1.29 is 0 Å². The number of thiazole rings is 1. The molecule has 1 aromatic rings. The second kappa shape index (κ2) is 5.96. The molecule has 1 unspecified atom stereocenters. The van der Waals surface area contributed by atoms with E-state index in [0.29, 0.717) is 11.8 Å². The Balaban J connectivity index is 2.70. The van der Waals surface area contributed by atoms with E-state index in [-0.39, 0.29) is 5.41 Å². The van der Waals surface area contributed by atoms with E-state index in [1.54, 1.807) is 0 Å². The van der Waals surface area contributed by atoms with Crippen LogP contribution in [0.2, 0.25) is 0 Å². The van der Waals surface area contributed by atoms with E-state index in [9.17, 15) is 0 Å². The van der Waals surface area contributed by atoms with Crippen molar-refractivity contribution in [1.82, 2.24) is 10.3 Å². The van der Waals surface area contributed by atoms with Gasteiger partial charge in [0.15, 0.2) is 0 Å². The Kier molecular flexibility index (Phi) is 5.14. The van der Waals surface area contributed by atoms with Gasteiger partial charge in [0.25, 0.3) is 0 Å². The molecule has 0 bridgehead atoms. The lowest BCUT2D eigenvalue weighted by atomic mass is 9.92. The van der Waals surface area contributed by atoms with Gasteiger partial charge in [0.05, 0.1) is 10.7 Å². The minimum Gasteiger partial charge on any atom is -0.319 e. The van der Waals surface area contributed by atoms with Crippen LogP contribution in [0.4, 0.5) is 0 Å². The lowest BCUT2D eigenvalue weighted by molar-refractivity contribution is 0.369. The first-order valence-electron chi connectivity index (χ1n) is 6.44. The second-order valence-corrected chi connectivity index (χ2v) is 7.09. The first kappa shape index (κ1) is 14.7. The summed E-state index contributed by atoms with van der Waals surface area (Å²) in [6.07, 6.45) is 1.10. The molecule has 0 amide bonds. The summed E-state index contributed by atoms with van der Waals surface area (Å²) in [7, 11) is 2.03. The highest BCUT2D eigenvalue weighted by atomic mass is 32.1. The van der Waals surface area contributed by atoms with E-state index in [4.69, 9.17) is 4.98 Å². The summed E-state index contributed by atoms with van der Waals surface area (Å²) >= 11 is 1.81. The fraction of sp³-hybridized carbons (Fsp3) is 0.786. The number of hydrogen-bond donors (Lipinski definition) is 1. The number of hydrogen-bond acceptors (Lipinski definition) is 3. The third-order valence-corrected chi connectivity index (χ3v) is 4.04. The molecule has 0 saturated heterocycles. The van der Waals surface area contributed by atoms with Crippen LogP contribution < -0.4 is 5.32 Å². The van der Waals surface area contributed by atoms with Crippen LogP contribution in [0.25, 0.3) is 0 Å². The highest BCUT2D eigenvalue weighted by Crippen LogP contribution is 2.26. The maximum Gasteiger partial charge on any atom is 0.0931 e. The van der Waals surface area contributed by atoms with Crippen LogP contribution in [0.1, 0.15) is 45.3 Å². The molecule has 1 atom stereocenters.